The number of aryl methyl sites for hydroxylation is 1. The van der Waals surface area contributed by atoms with Crippen molar-refractivity contribution in [1.82, 2.24) is 10.3 Å². The molecular weight excluding hydrogens is 232 g/mol. The second-order valence-electron chi connectivity index (χ2n) is 3.93. The highest BCUT2D eigenvalue weighted by atomic mass is 32.1. The van der Waals surface area contributed by atoms with Gasteiger partial charge in [-0.3, -0.25) is 0 Å². The molecule has 2 heterocycles. The highest BCUT2D eigenvalue weighted by molar-refractivity contribution is 7.11. The van der Waals surface area contributed by atoms with Crippen LogP contribution in [0.1, 0.15) is 42.0 Å². The van der Waals surface area contributed by atoms with Gasteiger partial charge < -0.3 is 9.73 Å². The normalized spacial score (nSPS) is 12.8. The van der Waals surface area contributed by atoms with Crippen LogP contribution in [0.25, 0.3) is 0 Å². The van der Waals surface area contributed by atoms with Gasteiger partial charge in [0.1, 0.15) is 10.8 Å². The lowest BCUT2D eigenvalue weighted by molar-refractivity contribution is 0.403. The molecule has 1 N–H and O–H groups in total. The lowest BCUT2D eigenvalue weighted by Gasteiger charge is -2.13. The molecule has 0 aromatic carbocycles. The number of furan rings is 1. The van der Waals surface area contributed by atoms with E-state index >= 15 is 0 Å². The first-order valence-corrected chi connectivity index (χ1v) is 6.85. The third-order valence-electron chi connectivity index (χ3n) is 2.74. The van der Waals surface area contributed by atoms with Gasteiger partial charge in [0.15, 0.2) is 0 Å². The summed E-state index contributed by atoms with van der Waals surface area (Å²) in [5.41, 5.74) is 0. The first kappa shape index (κ1) is 12.3. The highest BCUT2D eigenvalue weighted by Crippen LogP contribution is 2.19. The molecule has 1 unspecified atom stereocenters. The van der Waals surface area contributed by atoms with Crippen LogP contribution in [0, 0.1) is 0 Å². The molecule has 0 amide bonds. The van der Waals surface area contributed by atoms with Crippen molar-refractivity contribution in [2.24, 2.45) is 0 Å². The molecule has 0 saturated heterocycles. The van der Waals surface area contributed by atoms with Crippen LogP contribution in [-0.2, 0) is 13.0 Å². The molecule has 1 atom stereocenters. The number of nitrogens with zero attached hydrogens (tertiary/aromatic N) is 1. The van der Waals surface area contributed by atoms with Crippen LogP contribution >= 0.6 is 11.3 Å². The maximum Gasteiger partial charge on any atom is 0.120 e. The van der Waals surface area contributed by atoms with E-state index in [0.717, 1.165) is 30.2 Å². The minimum Gasteiger partial charge on any atom is -0.468 e. The molecule has 0 radical (unpaired) electrons. The summed E-state index contributed by atoms with van der Waals surface area (Å²) in [6.45, 7) is 5.12. The largest absolute Gasteiger partial charge is 0.468 e. The van der Waals surface area contributed by atoms with Gasteiger partial charge in [0, 0.05) is 17.6 Å². The molecule has 0 aliphatic rings. The Kier molecular flexibility index (Phi) is 4.34. The molecular formula is C13H18N2OS. The second kappa shape index (κ2) is 5.98. The van der Waals surface area contributed by atoms with Crippen LogP contribution in [0.3, 0.4) is 0 Å². The predicted molar refractivity (Wildman–Crippen MR) is 70.1 cm³/mol. The first-order chi connectivity index (χ1) is 8.33. The van der Waals surface area contributed by atoms with Crippen LogP contribution in [0.4, 0.5) is 0 Å². The summed E-state index contributed by atoms with van der Waals surface area (Å²) in [6, 6.07) is 4.22. The quantitative estimate of drug-likeness (QED) is 0.852. The number of hydrogen-bond acceptors (Lipinski definition) is 4. The maximum absolute atomic E-state index is 5.42. The molecule has 2 aromatic rings. The summed E-state index contributed by atoms with van der Waals surface area (Å²) in [5, 5.41) is 4.62. The summed E-state index contributed by atoms with van der Waals surface area (Å²) in [4.78, 5) is 5.74. The number of hydrogen-bond donors (Lipinski definition) is 1. The predicted octanol–water partition coefficient (Wildman–Crippen LogP) is 3.54. The molecule has 2 rings (SSSR count). The SMILES string of the molecule is CCc1cnc(CNC(CC)c2ccco2)s1. The Balaban J connectivity index is 1.92. The van der Waals surface area contributed by atoms with Crippen molar-refractivity contribution >= 4 is 11.3 Å². The summed E-state index contributed by atoms with van der Waals surface area (Å²) in [7, 11) is 0. The molecule has 0 spiro atoms. The molecule has 2 aromatic heterocycles. The van der Waals surface area contributed by atoms with Gasteiger partial charge in [-0.1, -0.05) is 13.8 Å². The van der Waals surface area contributed by atoms with Crippen molar-refractivity contribution in [3.63, 3.8) is 0 Å². The van der Waals surface area contributed by atoms with E-state index < -0.39 is 0 Å². The van der Waals surface area contributed by atoms with Crippen molar-refractivity contribution in [2.45, 2.75) is 39.3 Å². The van der Waals surface area contributed by atoms with Gasteiger partial charge in [-0.05, 0) is 25.0 Å². The molecule has 92 valence electrons. The van der Waals surface area contributed by atoms with Gasteiger partial charge in [-0.25, -0.2) is 4.98 Å². The number of nitrogens with one attached hydrogen (secondary N) is 1. The summed E-state index contributed by atoms with van der Waals surface area (Å²) in [6.07, 6.45) is 5.76. The summed E-state index contributed by atoms with van der Waals surface area (Å²) < 4.78 is 5.42. The average molecular weight is 250 g/mol. The molecule has 0 saturated carbocycles. The summed E-state index contributed by atoms with van der Waals surface area (Å²) >= 11 is 1.78. The Labute approximate surface area is 106 Å². The van der Waals surface area contributed by atoms with E-state index in [1.54, 1.807) is 17.6 Å². The number of rotatable bonds is 6. The fourth-order valence-electron chi connectivity index (χ4n) is 1.74. The number of thiazole rings is 1. The van der Waals surface area contributed by atoms with Crippen LogP contribution < -0.4 is 5.32 Å². The van der Waals surface area contributed by atoms with Crippen LogP contribution in [0.2, 0.25) is 0 Å². The smallest absolute Gasteiger partial charge is 0.120 e. The van der Waals surface area contributed by atoms with E-state index in [-0.39, 0.29) is 6.04 Å². The molecule has 17 heavy (non-hydrogen) atoms. The molecule has 0 fully saturated rings. The lowest BCUT2D eigenvalue weighted by Crippen LogP contribution is -2.19. The van der Waals surface area contributed by atoms with Crippen molar-refractivity contribution in [2.75, 3.05) is 0 Å². The van der Waals surface area contributed by atoms with Crippen LogP contribution in [0.15, 0.2) is 29.0 Å². The third kappa shape index (κ3) is 3.17. The fourth-order valence-corrected chi connectivity index (χ4v) is 2.55. The highest BCUT2D eigenvalue weighted by Gasteiger charge is 2.12. The van der Waals surface area contributed by atoms with E-state index in [1.165, 1.54) is 4.88 Å². The van der Waals surface area contributed by atoms with Crippen LogP contribution in [-0.4, -0.2) is 4.98 Å². The van der Waals surface area contributed by atoms with Gasteiger partial charge in [0.05, 0.1) is 12.3 Å². The fraction of sp³-hybridized carbons (Fsp3) is 0.462. The maximum atomic E-state index is 5.42. The van der Waals surface area contributed by atoms with Crippen molar-refractivity contribution in [3.8, 4) is 0 Å². The Hall–Kier alpha value is -1.13. The minimum atomic E-state index is 0.277. The first-order valence-electron chi connectivity index (χ1n) is 6.03. The summed E-state index contributed by atoms with van der Waals surface area (Å²) in [5.74, 6) is 1.000. The Morgan fingerprint density at radius 1 is 1.47 bits per heavy atom. The Morgan fingerprint density at radius 2 is 2.35 bits per heavy atom. The Morgan fingerprint density at radius 3 is 2.94 bits per heavy atom. The van der Waals surface area contributed by atoms with E-state index in [4.69, 9.17) is 4.42 Å². The van der Waals surface area contributed by atoms with Gasteiger partial charge >= 0.3 is 0 Å². The Bertz CT molecular complexity index is 436. The zero-order valence-electron chi connectivity index (χ0n) is 10.3. The molecule has 3 nitrogen and oxygen atoms in total. The zero-order chi connectivity index (χ0) is 12.1. The monoisotopic (exact) mass is 250 g/mol. The molecule has 0 bridgehead atoms. The lowest BCUT2D eigenvalue weighted by atomic mass is 10.2. The molecule has 0 aliphatic carbocycles. The third-order valence-corrected chi connectivity index (χ3v) is 3.89. The van der Waals surface area contributed by atoms with E-state index in [2.05, 4.69) is 24.1 Å². The van der Waals surface area contributed by atoms with E-state index in [1.807, 2.05) is 18.3 Å². The van der Waals surface area contributed by atoms with Gasteiger partial charge in [-0.15, -0.1) is 11.3 Å². The topological polar surface area (TPSA) is 38.1 Å². The zero-order valence-corrected chi connectivity index (χ0v) is 11.1. The van der Waals surface area contributed by atoms with E-state index in [9.17, 15) is 0 Å². The molecule has 4 heteroatoms. The average Bonchev–Trinajstić information content (AvgIpc) is 3.00. The van der Waals surface area contributed by atoms with E-state index in [0.29, 0.717) is 0 Å². The minimum absolute atomic E-state index is 0.277. The van der Waals surface area contributed by atoms with Gasteiger partial charge in [0.25, 0.3) is 0 Å². The van der Waals surface area contributed by atoms with Crippen molar-refractivity contribution < 1.29 is 4.42 Å². The van der Waals surface area contributed by atoms with Gasteiger partial charge in [-0.2, -0.15) is 0 Å². The van der Waals surface area contributed by atoms with Crippen molar-refractivity contribution in [1.29, 1.82) is 0 Å². The van der Waals surface area contributed by atoms with Crippen LogP contribution in [0.5, 0.6) is 0 Å². The second-order valence-corrected chi connectivity index (χ2v) is 5.13. The van der Waals surface area contributed by atoms with Crippen molar-refractivity contribution in [3.05, 3.63) is 40.2 Å². The molecule has 0 aliphatic heterocycles. The van der Waals surface area contributed by atoms with Gasteiger partial charge in [0.2, 0.25) is 0 Å². The standard InChI is InChI=1S/C13H18N2OS/c1-3-10-8-15-13(17-10)9-14-11(4-2)12-6-5-7-16-12/h5-8,11,14H,3-4,9H2,1-2H3. The number of aromatic nitrogens is 1.